The van der Waals surface area contributed by atoms with E-state index in [4.69, 9.17) is 5.11 Å². The Hall–Kier alpha value is -0.850. The molecule has 6 heteroatoms. The van der Waals surface area contributed by atoms with E-state index in [1.165, 1.54) is 12.3 Å². The molecule has 1 heterocycles. The first-order valence-corrected chi connectivity index (χ1v) is 6.02. The van der Waals surface area contributed by atoms with Crippen molar-refractivity contribution in [1.82, 2.24) is 9.29 Å². The van der Waals surface area contributed by atoms with Crippen LogP contribution in [-0.4, -0.2) is 30.2 Å². The second kappa shape index (κ2) is 3.96. The Morgan fingerprint density at radius 2 is 2.13 bits per heavy atom. The summed E-state index contributed by atoms with van der Waals surface area (Å²) < 4.78 is 27.6. The van der Waals surface area contributed by atoms with Crippen molar-refractivity contribution in [3.63, 3.8) is 0 Å². The number of sulfonamides is 1. The number of hydrogen-bond acceptors (Lipinski definition) is 3. The molecule has 0 aromatic carbocycles. The molecule has 2 N–H and O–H groups in total. The summed E-state index contributed by atoms with van der Waals surface area (Å²) in [5.41, 5.74) is -0.853. The molecule has 0 fully saturated rings. The first-order chi connectivity index (χ1) is 6.77. The first kappa shape index (κ1) is 12.2. The quantitative estimate of drug-likeness (QED) is 0.772. The van der Waals surface area contributed by atoms with E-state index in [0.29, 0.717) is 0 Å². The minimum atomic E-state index is -3.54. The maximum atomic E-state index is 11.8. The monoisotopic (exact) mass is 232 g/mol. The maximum absolute atomic E-state index is 11.8. The minimum Gasteiger partial charge on any atom is -0.394 e. The number of aliphatic hydroxyl groups excluding tert-OH is 1. The van der Waals surface area contributed by atoms with Crippen molar-refractivity contribution in [2.24, 2.45) is 7.05 Å². The SMILES string of the molecule is Cn1ccc(S(=O)(=O)NC(C)(C)CO)c1. The van der Waals surface area contributed by atoms with E-state index >= 15 is 0 Å². The van der Waals surface area contributed by atoms with E-state index in [9.17, 15) is 8.42 Å². The van der Waals surface area contributed by atoms with Crippen LogP contribution in [0.2, 0.25) is 0 Å². The fourth-order valence-electron chi connectivity index (χ4n) is 1.09. The second-order valence-electron chi connectivity index (χ2n) is 4.16. The number of aromatic nitrogens is 1. The zero-order chi connectivity index (χ0) is 11.7. The van der Waals surface area contributed by atoms with Gasteiger partial charge in [0, 0.05) is 19.4 Å². The molecule has 0 aliphatic heterocycles. The lowest BCUT2D eigenvalue weighted by Crippen LogP contribution is -2.46. The summed E-state index contributed by atoms with van der Waals surface area (Å²) >= 11 is 0. The van der Waals surface area contributed by atoms with Gasteiger partial charge in [0.2, 0.25) is 10.0 Å². The van der Waals surface area contributed by atoms with Crippen molar-refractivity contribution in [2.75, 3.05) is 6.61 Å². The Balaban J connectivity index is 2.95. The topological polar surface area (TPSA) is 71.3 Å². The molecule has 0 spiro atoms. The lowest BCUT2D eigenvalue weighted by molar-refractivity contribution is 0.208. The van der Waals surface area contributed by atoms with Gasteiger partial charge in [-0.1, -0.05) is 0 Å². The van der Waals surface area contributed by atoms with Crippen molar-refractivity contribution in [1.29, 1.82) is 0 Å². The molecule has 0 saturated heterocycles. The third kappa shape index (κ3) is 3.05. The van der Waals surface area contributed by atoms with Gasteiger partial charge in [0.25, 0.3) is 0 Å². The summed E-state index contributed by atoms with van der Waals surface area (Å²) in [5, 5.41) is 8.98. The summed E-state index contributed by atoms with van der Waals surface area (Å²) in [6, 6.07) is 1.51. The highest BCUT2D eigenvalue weighted by molar-refractivity contribution is 7.89. The summed E-state index contributed by atoms with van der Waals surface area (Å²) in [6.45, 7) is 2.99. The molecule has 0 aliphatic carbocycles. The lowest BCUT2D eigenvalue weighted by atomic mass is 10.1. The molecule has 5 nitrogen and oxygen atoms in total. The van der Waals surface area contributed by atoms with E-state index in [2.05, 4.69) is 4.72 Å². The third-order valence-corrected chi connectivity index (χ3v) is 3.60. The summed E-state index contributed by atoms with van der Waals surface area (Å²) in [7, 11) is -1.79. The summed E-state index contributed by atoms with van der Waals surface area (Å²) in [4.78, 5) is 0.200. The van der Waals surface area contributed by atoms with Crippen LogP contribution in [0.3, 0.4) is 0 Å². The molecule has 0 unspecified atom stereocenters. The van der Waals surface area contributed by atoms with Gasteiger partial charge in [-0.25, -0.2) is 13.1 Å². The zero-order valence-electron chi connectivity index (χ0n) is 9.06. The van der Waals surface area contributed by atoms with E-state index in [1.807, 2.05) is 0 Å². The highest BCUT2D eigenvalue weighted by Crippen LogP contribution is 2.12. The van der Waals surface area contributed by atoms with Gasteiger partial charge in [-0.15, -0.1) is 0 Å². The molecular weight excluding hydrogens is 216 g/mol. The van der Waals surface area contributed by atoms with Crippen molar-refractivity contribution < 1.29 is 13.5 Å². The Morgan fingerprint density at radius 3 is 2.53 bits per heavy atom. The molecule has 86 valence electrons. The van der Waals surface area contributed by atoms with E-state index in [0.717, 1.165) is 0 Å². The number of aliphatic hydroxyl groups is 1. The fourth-order valence-corrected chi connectivity index (χ4v) is 2.55. The highest BCUT2D eigenvalue weighted by atomic mass is 32.2. The van der Waals surface area contributed by atoms with Gasteiger partial charge >= 0.3 is 0 Å². The molecule has 0 saturated carbocycles. The Labute approximate surface area is 89.8 Å². The Morgan fingerprint density at radius 1 is 1.53 bits per heavy atom. The van der Waals surface area contributed by atoms with Gasteiger partial charge in [0.1, 0.15) is 0 Å². The standard InChI is InChI=1S/C9H16N2O3S/c1-9(2,7-12)10-15(13,14)8-4-5-11(3)6-8/h4-6,10,12H,7H2,1-3H3. The number of nitrogens with one attached hydrogen (secondary N) is 1. The molecule has 0 atom stereocenters. The molecule has 1 aromatic heterocycles. The van der Waals surface area contributed by atoms with Crippen LogP contribution < -0.4 is 4.72 Å². The molecule has 0 bridgehead atoms. The van der Waals surface area contributed by atoms with Crippen molar-refractivity contribution in [2.45, 2.75) is 24.3 Å². The molecule has 0 aliphatic rings. The van der Waals surface area contributed by atoms with Gasteiger partial charge in [-0.2, -0.15) is 0 Å². The van der Waals surface area contributed by atoms with E-state index in [1.54, 1.807) is 31.7 Å². The van der Waals surface area contributed by atoms with Crippen LogP contribution in [-0.2, 0) is 17.1 Å². The first-order valence-electron chi connectivity index (χ1n) is 4.54. The number of aryl methyl sites for hydroxylation is 1. The molecule has 1 aromatic rings. The van der Waals surface area contributed by atoms with Gasteiger partial charge in [0.15, 0.2) is 0 Å². The summed E-state index contributed by atoms with van der Waals surface area (Å²) in [5.74, 6) is 0. The lowest BCUT2D eigenvalue weighted by Gasteiger charge is -2.22. The normalized spacial score (nSPS) is 13.1. The smallest absolute Gasteiger partial charge is 0.242 e. The zero-order valence-corrected chi connectivity index (χ0v) is 9.87. The largest absolute Gasteiger partial charge is 0.394 e. The van der Waals surface area contributed by atoms with E-state index < -0.39 is 15.6 Å². The van der Waals surface area contributed by atoms with Crippen molar-refractivity contribution in [3.8, 4) is 0 Å². The third-order valence-electron chi connectivity index (χ3n) is 1.92. The molecule has 0 radical (unpaired) electrons. The molecule has 0 amide bonds. The Bertz CT molecular complexity index is 434. The van der Waals surface area contributed by atoms with Crippen molar-refractivity contribution in [3.05, 3.63) is 18.5 Å². The van der Waals surface area contributed by atoms with Gasteiger partial charge in [-0.3, -0.25) is 0 Å². The average Bonchev–Trinajstić information content (AvgIpc) is 2.51. The van der Waals surface area contributed by atoms with Crippen LogP contribution in [0.15, 0.2) is 23.4 Å². The number of nitrogens with zero attached hydrogens (tertiary/aromatic N) is 1. The maximum Gasteiger partial charge on any atom is 0.242 e. The van der Waals surface area contributed by atoms with Crippen LogP contribution in [0.1, 0.15) is 13.8 Å². The number of rotatable bonds is 4. The minimum absolute atomic E-state index is 0.200. The van der Waals surface area contributed by atoms with Crippen LogP contribution in [0.5, 0.6) is 0 Å². The van der Waals surface area contributed by atoms with Crippen molar-refractivity contribution >= 4 is 10.0 Å². The van der Waals surface area contributed by atoms with Gasteiger partial charge in [0.05, 0.1) is 17.0 Å². The van der Waals surface area contributed by atoms with Crippen LogP contribution in [0.4, 0.5) is 0 Å². The predicted molar refractivity (Wildman–Crippen MR) is 56.9 cm³/mol. The molecule has 1 rings (SSSR count). The van der Waals surface area contributed by atoms with E-state index in [-0.39, 0.29) is 11.5 Å². The molecular formula is C9H16N2O3S. The van der Waals surface area contributed by atoms with Gasteiger partial charge < -0.3 is 9.67 Å². The van der Waals surface area contributed by atoms with Gasteiger partial charge in [-0.05, 0) is 19.9 Å². The average molecular weight is 232 g/mol. The van der Waals surface area contributed by atoms with Crippen LogP contribution in [0, 0.1) is 0 Å². The predicted octanol–water partition coefficient (Wildman–Crippen LogP) is 0.0743. The highest BCUT2D eigenvalue weighted by Gasteiger charge is 2.25. The second-order valence-corrected chi connectivity index (χ2v) is 5.84. The fraction of sp³-hybridized carbons (Fsp3) is 0.556. The Kier molecular flexibility index (Phi) is 3.22. The summed E-state index contributed by atoms with van der Waals surface area (Å²) in [6.07, 6.45) is 3.16. The molecule has 15 heavy (non-hydrogen) atoms. The van der Waals surface area contributed by atoms with Crippen LogP contribution >= 0.6 is 0 Å². The van der Waals surface area contributed by atoms with Crippen LogP contribution in [0.25, 0.3) is 0 Å². The number of hydrogen-bond donors (Lipinski definition) is 2.